The first-order valence-corrected chi connectivity index (χ1v) is 7.19. The van der Waals surface area contributed by atoms with E-state index in [-0.39, 0.29) is 5.82 Å². The van der Waals surface area contributed by atoms with Gasteiger partial charge in [0.05, 0.1) is 9.26 Å². The highest BCUT2D eigenvalue weighted by Crippen LogP contribution is 2.24. The molecule has 0 aliphatic heterocycles. The molecule has 1 aromatic carbocycles. The quantitative estimate of drug-likeness (QED) is 0.837. The van der Waals surface area contributed by atoms with E-state index in [1.165, 1.54) is 6.07 Å². The molecule has 0 atom stereocenters. The van der Waals surface area contributed by atoms with Crippen LogP contribution in [0.4, 0.5) is 10.2 Å². The summed E-state index contributed by atoms with van der Waals surface area (Å²) >= 11 is 2.15. The fourth-order valence-corrected chi connectivity index (χ4v) is 2.29. The Morgan fingerprint density at radius 3 is 2.68 bits per heavy atom. The van der Waals surface area contributed by atoms with E-state index in [0.29, 0.717) is 22.8 Å². The predicted octanol–water partition coefficient (Wildman–Crippen LogP) is 3.73. The smallest absolute Gasteiger partial charge is 0.161 e. The van der Waals surface area contributed by atoms with Crippen LogP contribution in [0.1, 0.15) is 24.6 Å². The van der Waals surface area contributed by atoms with Gasteiger partial charge in [0.25, 0.3) is 0 Å². The largest absolute Gasteiger partial charge is 0.383 e. The fraction of sp³-hybridized carbons (Fsp3) is 0.286. The van der Waals surface area contributed by atoms with Gasteiger partial charge in [-0.2, -0.15) is 0 Å². The van der Waals surface area contributed by atoms with Crippen molar-refractivity contribution < 1.29 is 4.39 Å². The molecule has 0 fully saturated rings. The summed E-state index contributed by atoms with van der Waals surface area (Å²) in [6.45, 7) is 3.81. The maximum atomic E-state index is 13.6. The van der Waals surface area contributed by atoms with Crippen molar-refractivity contribution in [3.63, 3.8) is 0 Å². The Kier molecular flexibility index (Phi) is 4.34. The van der Waals surface area contributed by atoms with Gasteiger partial charge in [0.1, 0.15) is 11.6 Å². The molecule has 0 unspecified atom stereocenters. The number of hydrogen-bond acceptors (Lipinski definition) is 3. The Bertz CT molecular complexity index is 614. The lowest BCUT2D eigenvalue weighted by Crippen LogP contribution is -2.05. The van der Waals surface area contributed by atoms with E-state index in [1.54, 1.807) is 13.0 Å². The van der Waals surface area contributed by atoms with Crippen LogP contribution in [0.5, 0.6) is 0 Å². The van der Waals surface area contributed by atoms with E-state index < -0.39 is 0 Å². The molecule has 0 amide bonds. The van der Waals surface area contributed by atoms with Gasteiger partial charge in [0.2, 0.25) is 0 Å². The van der Waals surface area contributed by atoms with Crippen LogP contribution in [-0.4, -0.2) is 9.97 Å². The van der Waals surface area contributed by atoms with E-state index >= 15 is 0 Å². The zero-order chi connectivity index (χ0) is 14.0. The zero-order valence-corrected chi connectivity index (χ0v) is 13.0. The van der Waals surface area contributed by atoms with Gasteiger partial charge in [-0.05, 0) is 47.6 Å². The Morgan fingerprint density at radius 2 is 2.05 bits per heavy atom. The molecule has 3 nitrogen and oxygen atoms in total. The van der Waals surface area contributed by atoms with Crippen LogP contribution in [-0.2, 0) is 6.42 Å². The first-order valence-electron chi connectivity index (χ1n) is 6.11. The molecule has 1 heterocycles. The molecule has 0 saturated carbocycles. The van der Waals surface area contributed by atoms with E-state index in [9.17, 15) is 4.39 Å². The van der Waals surface area contributed by atoms with Crippen molar-refractivity contribution in [3.05, 3.63) is 38.8 Å². The molecular weight excluding hydrogens is 356 g/mol. The van der Waals surface area contributed by atoms with E-state index in [4.69, 9.17) is 5.73 Å². The minimum absolute atomic E-state index is 0.254. The van der Waals surface area contributed by atoms with Crippen LogP contribution < -0.4 is 5.73 Å². The number of rotatable bonds is 3. The second-order valence-corrected chi connectivity index (χ2v) is 5.49. The van der Waals surface area contributed by atoms with Crippen molar-refractivity contribution in [3.8, 4) is 11.4 Å². The van der Waals surface area contributed by atoms with Gasteiger partial charge < -0.3 is 5.73 Å². The SMILES string of the molecule is CCCc1nc(-c2ccc(C)c(F)c2)nc(N)c1I. The van der Waals surface area contributed by atoms with Crippen molar-refractivity contribution in [1.29, 1.82) is 0 Å². The van der Waals surface area contributed by atoms with Gasteiger partial charge in [-0.3, -0.25) is 0 Å². The molecular formula is C14H15FIN3. The normalized spacial score (nSPS) is 10.7. The Hall–Kier alpha value is -1.24. The average Bonchev–Trinajstić information content (AvgIpc) is 2.38. The number of nitrogen functional groups attached to an aromatic ring is 1. The minimum atomic E-state index is -0.254. The van der Waals surface area contributed by atoms with Crippen LogP contribution in [0, 0.1) is 16.3 Å². The monoisotopic (exact) mass is 371 g/mol. The van der Waals surface area contributed by atoms with Crippen LogP contribution in [0.3, 0.4) is 0 Å². The highest BCUT2D eigenvalue weighted by Gasteiger charge is 2.11. The molecule has 19 heavy (non-hydrogen) atoms. The topological polar surface area (TPSA) is 51.8 Å². The number of nitrogens with two attached hydrogens (primary N) is 1. The van der Waals surface area contributed by atoms with E-state index in [2.05, 4.69) is 39.5 Å². The minimum Gasteiger partial charge on any atom is -0.383 e. The molecule has 1 aromatic heterocycles. The Morgan fingerprint density at radius 1 is 1.32 bits per heavy atom. The zero-order valence-electron chi connectivity index (χ0n) is 10.9. The molecule has 100 valence electrons. The lowest BCUT2D eigenvalue weighted by Gasteiger charge is -2.09. The fourth-order valence-electron chi connectivity index (χ4n) is 1.78. The third-order valence-electron chi connectivity index (χ3n) is 2.86. The summed E-state index contributed by atoms with van der Waals surface area (Å²) in [5.74, 6) is 0.686. The molecule has 2 rings (SSSR count). The molecule has 5 heteroatoms. The number of hydrogen-bond donors (Lipinski definition) is 1. The van der Waals surface area contributed by atoms with Crippen LogP contribution >= 0.6 is 22.6 Å². The highest BCUT2D eigenvalue weighted by atomic mass is 127. The third-order valence-corrected chi connectivity index (χ3v) is 4.04. The summed E-state index contributed by atoms with van der Waals surface area (Å²) in [5, 5.41) is 0. The summed E-state index contributed by atoms with van der Waals surface area (Å²) in [6.07, 6.45) is 1.82. The lowest BCUT2D eigenvalue weighted by molar-refractivity contribution is 0.619. The van der Waals surface area contributed by atoms with Crippen molar-refractivity contribution in [2.24, 2.45) is 0 Å². The Labute approximate surface area is 125 Å². The van der Waals surface area contributed by atoms with Gasteiger partial charge in [0, 0.05) is 5.56 Å². The standard InChI is InChI=1S/C14H15FIN3/c1-3-4-11-12(16)13(17)19-14(18-11)9-6-5-8(2)10(15)7-9/h5-7H,3-4H2,1-2H3,(H2,17,18,19). The molecule has 0 bridgehead atoms. The first-order chi connectivity index (χ1) is 9.02. The molecule has 0 spiro atoms. The van der Waals surface area contributed by atoms with Gasteiger partial charge in [0.15, 0.2) is 5.82 Å². The van der Waals surface area contributed by atoms with Crippen molar-refractivity contribution >= 4 is 28.4 Å². The van der Waals surface area contributed by atoms with Crippen LogP contribution in [0.15, 0.2) is 18.2 Å². The molecule has 2 aromatic rings. The lowest BCUT2D eigenvalue weighted by atomic mass is 10.1. The van der Waals surface area contributed by atoms with Gasteiger partial charge in [-0.1, -0.05) is 25.5 Å². The Balaban J connectivity index is 2.52. The maximum absolute atomic E-state index is 13.6. The van der Waals surface area contributed by atoms with Crippen molar-refractivity contribution in [2.75, 3.05) is 5.73 Å². The predicted molar refractivity (Wildman–Crippen MR) is 83.3 cm³/mol. The summed E-state index contributed by atoms with van der Waals surface area (Å²) in [5.41, 5.74) is 8.09. The molecule has 0 aliphatic rings. The number of aromatic nitrogens is 2. The van der Waals surface area contributed by atoms with E-state index in [1.807, 2.05) is 6.07 Å². The van der Waals surface area contributed by atoms with Crippen molar-refractivity contribution in [2.45, 2.75) is 26.7 Å². The first kappa shape index (κ1) is 14.2. The summed E-state index contributed by atoms with van der Waals surface area (Å²) < 4.78 is 14.5. The van der Waals surface area contributed by atoms with Gasteiger partial charge in [-0.15, -0.1) is 0 Å². The van der Waals surface area contributed by atoms with E-state index in [0.717, 1.165) is 22.1 Å². The molecule has 0 aliphatic carbocycles. The maximum Gasteiger partial charge on any atom is 0.161 e. The van der Waals surface area contributed by atoms with Crippen LogP contribution in [0.25, 0.3) is 11.4 Å². The van der Waals surface area contributed by atoms with Gasteiger partial charge in [-0.25, -0.2) is 14.4 Å². The number of halogens is 2. The van der Waals surface area contributed by atoms with Gasteiger partial charge >= 0.3 is 0 Å². The number of nitrogens with zero attached hydrogens (tertiary/aromatic N) is 2. The second kappa shape index (κ2) is 5.81. The third kappa shape index (κ3) is 3.02. The molecule has 0 radical (unpaired) electrons. The van der Waals surface area contributed by atoms with Crippen LogP contribution in [0.2, 0.25) is 0 Å². The number of anilines is 1. The molecule has 0 saturated heterocycles. The molecule has 2 N–H and O–H groups in total. The average molecular weight is 371 g/mol. The number of benzene rings is 1. The summed E-state index contributed by atoms with van der Waals surface area (Å²) in [7, 11) is 0. The van der Waals surface area contributed by atoms with Crippen molar-refractivity contribution in [1.82, 2.24) is 9.97 Å². The second-order valence-electron chi connectivity index (χ2n) is 4.41. The number of aryl methyl sites for hydroxylation is 2. The highest BCUT2D eigenvalue weighted by molar-refractivity contribution is 14.1. The summed E-state index contributed by atoms with van der Waals surface area (Å²) in [6, 6.07) is 4.99. The summed E-state index contributed by atoms with van der Waals surface area (Å²) in [4.78, 5) is 8.75.